The molecule has 6 nitrogen and oxygen atoms in total. The summed E-state index contributed by atoms with van der Waals surface area (Å²) in [5.41, 5.74) is 1.67. The van der Waals surface area contributed by atoms with Gasteiger partial charge in [0.1, 0.15) is 0 Å². The maximum Gasteiger partial charge on any atom is 0.308 e. The Hall–Kier alpha value is -2.86. The highest BCUT2D eigenvalue weighted by atomic mass is 35.5. The number of carbonyl (C=O) groups is 3. The van der Waals surface area contributed by atoms with Gasteiger partial charge in [0.25, 0.3) is 5.91 Å². The number of halogens is 1. The molecule has 148 valence electrons. The fourth-order valence-corrected chi connectivity index (χ4v) is 2.63. The van der Waals surface area contributed by atoms with Crippen LogP contribution in [-0.4, -0.2) is 30.4 Å². The van der Waals surface area contributed by atoms with Crippen molar-refractivity contribution >= 4 is 29.4 Å². The van der Waals surface area contributed by atoms with Gasteiger partial charge in [0.05, 0.1) is 12.8 Å². The third-order valence-corrected chi connectivity index (χ3v) is 4.32. The van der Waals surface area contributed by atoms with Crippen molar-refractivity contribution in [2.24, 2.45) is 0 Å². The second-order valence-corrected chi connectivity index (χ2v) is 6.61. The molecule has 0 saturated heterocycles. The Bertz CT molecular complexity index is 811. The molecule has 2 aromatic carbocycles. The van der Waals surface area contributed by atoms with Gasteiger partial charge in [0.15, 0.2) is 6.10 Å². The predicted molar refractivity (Wildman–Crippen MR) is 107 cm³/mol. The molecule has 0 aliphatic rings. The largest absolute Gasteiger partial charge is 0.452 e. The lowest BCUT2D eigenvalue weighted by atomic mass is 10.1. The average Bonchev–Trinajstić information content (AvgIpc) is 2.67. The number of carbonyl (C=O) groups excluding carboxylic acids is 3. The van der Waals surface area contributed by atoms with E-state index in [2.05, 4.69) is 10.6 Å². The second kappa shape index (κ2) is 11.1. The van der Waals surface area contributed by atoms with Crippen molar-refractivity contribution in [2.75, 3.05) is 6.54 Å². The summed E-state index contributed by atoms with van der Waals surface area (Å²) in [6, 6.07) is 16.5. The Kier molecular flexibility index (Phi) is 8.49. The monoisotopic (exact) mass is 402 g/mol. The zero-order valence-corrected chi connectivity index (χ0v) is 16.4. The van der Waals surface area contributed by atoms with Crippen molar-refractivity contribution in [1.29, 1.82) is 0 Å². The number of hydrogen-bond donors (Lipinski definition) is 2. The molecule has 1 unspecified atom stereocenters. The van der Waals surface area contributed by atoms with E-state index in [0.29, 0.717) is 5.02 Å². The van der Waals surface area contributed by atoms with Gasteiger partial charge < -0.3 is 15.4 Å². The molecule has 0 aliphatic heterocycles. The number of hydrogen-bond acceptors (Lipinski definition) is 4. The third-order valence-electron chi connectivity index (χ3n) is 3.95. The van der Waals surface area contributed by atoms with Gasteiger partial charge in [-0.05, 0) is 24.1 Å². The van der Waals surface area contributed by atoms with E-state index in [1.807, 2.05) is 36.4 Å². The van der Waals surface area contributed by atoms with Crippen LogP contribution in [0.1, 0.15) is 24.5 Å². The molecule has 0 aliphatic carbocycles. The first kappa shape index (κ1) is 21.4. The first-order valence-corrected chi connectivity index (χ1v) is 9.34. The molecule has 0 saturated carbocycles. The summed E-state index contributed by atoms with van der Waals surface area (Å²) in [6.07, 6.45) is -0.700. The van der Waals surface area contributed by atoms with Crippen LogP contribution in [0.15, 0.2) is 54.6 Å². The van der Waals surface area contributed by atoms with E-state index < -0.39 is 18.0 Å². The van der Waals surface area contributed by atoms with Crippen LogP contribution in [0.2, 0.25) is 5.02 Å². The third kappa shape index (κ3) is 7.40. The zero-order valence-electron chi connectivity index (χ0n) is 15.6. The molecule has 0 radical (unpaired) electrons. The minimum atomic E-state index is -0.935. The quantitative estimate of drug-likeness (QED) is 0.631. The maximum absolute atomic E-state index is 12.0. The van der Waals surface area contributed by atoms with Gasteiger partial charge in [-0.2, -0.15) is 0 Å². The summed E-state index contributed by atoms with van der Waals surface area (Å²) < 4.78 is 5.10. The summed E-state index contributed by atoms with van der Waals surface area (Å²) in [5, 5.41) is 5.89. The number of rotatable bonds is 9. The molecule has 0 fully saturated rings. The molecular weight excluding hydrogens is 380 g/mol. The Labute approximate surface area is 169 Å². The van der Waals surface area contributed by atoms with Gasteiger partial charge in [0.2, 0.25) is 5.91 Å². The van der Waals surface area contributed by atoms with E-state index in [4.69, 9.17) is 16.3 Å². The Morgan fingerprint density at radius 3 is 2.39 bits per heavy atom. The fourth-order valence-electron chi connectivity index (χ4n) is 2.43. The molecule has 28 heavy (non-hydrogen) atoms. The van der Waals surface area contributed by atoms with Crippen molar-refractivity contribution in [2.45, 2.75) is 32.4 Å². The van der Waals surface area contributed by atoms with Crippen molar-refractivity contribution in [3.8, 4) is 0 Å². The van der Waals surface area contributed by atoms with Gasteiger partial charge in [-0.1, -0.05) is 60.1 Å². The van der Waals surface area contributed by atoms with Gasteiger partial charge in [-0.3, -0.25) is 14.4 Å². The van der Waals surface area contributed by atoms with E-state index in [0.717, 1.165) is 11.1 Å². The molecule has 2 N–H and O–H groups in total. The molecule has 0 bridgehead atoms. The van der Waals surface area contributed by atoms with Crippen LogP contribution < -0.4 is 10.6 Å². The maximum atomic E-state index is 12.0. The number of ether oxygens (including phenoxy) is 1. The van der Waals surface area contributed by atoms with E-state index in [1.54, 1.807) is 18.2 Å². The van der Waals surface area contributed by atoms with Crippen LogP contribution in [0.5, 0.6) is 0 Å². The van der Waals surface area contributed by atoms with Gasteiger partial charge in [0, 0.05) is 18.1 Å². The summed E-state index contributed by atoms with van der Waals surface area (Å²) in [5.74, 6) is -1.15. The topological polar surface area (TPSA) is 84.5 Å². The van der Waals surface area contributed by atoms with E-state index in [-0.39, 0.29) is 31.8 Å². The summed E-state index contributed by atoms with van der Waals surface area (Å²) in [4.78, 5) is 35.7. The minimum Gasteiger partial charge on any atom is -0.452 e. The van der Waals surface area contributed by atoms with E-state index in [9.17, 15) is 14.4 Å². The smallest absolute Gasteiger partial charge is 0.308 e. The second-order valence-electron chi connectivity index (χ2n) is 6.20. The Morgan fingerprint density at radius 1 is 1.00 bits per heavy atom. The zero-order chi connectivity index (χ0) is 20.4. The molecule has 0 aromatic heterocycles. The van der Waals surface area contributed by atoms with Crippen LogP contribution in [0.3, 0.4) is 0 Å². The highest BCUT2D eigenvalue weighted by molar-refractivity contribution is 6.31. The SMILES string of the molecule is CC(OC(=O)CCNC(=O)Cc1ccccc1)C(=O)NCc1ccccc1Cl. The molecule has 2 aromatic rings. The number of esters is 1. The molecular formula is C21H23ClN2O4. The molecule has 2 amide bonds. The lowest BCUT2D eigenvalue weighted by Gasteiger charge is -2.14. The first-order valence-electron chi connectivity index (χ1n) is 8.97. The molecule has 2 rings (SSSR count). The van der Waals surface area contributed by atoms with Gasteiger partial charge in [-0.25, -0.2) is 0 Å². The Morgan fingerprint density at radius 2 is 1.68 bits per heavy atom. The Balaban J connectivity index is 1.65. The molecule has 0 spiro atoms. The summed E-state index contributed by atoms with van der Waals surface area (Å²) >= 11 is 6.03. The summed E-state index contributed by atoms with van der Waals surface area (Å²) in [6.45, 7) is 1.89. The highest BCUT2D eigenvalue weighted by Crippen LogP contribution is 2.14. The molecule has 7 heteroatoms. The highest BCUT2D eigenvalue weighted by Gasteiger charge is 2.17. The fraction of sp³-hybridized carbons (Fsp3) is 0.286. The van der Waals surface area contributed by atoms with Gasteiger partial charge >= 0.3 is 5.97 Å². The average molecular weight is 403 g/mol. The van der Waals surface area contributed by atoms with Crippen LogP contribution in [-0.2, 0) is 32.1 Å². The minimum absolute atomic E-state index is 0.0112. The van der Waals surface area contributed by atoms with Crippen molar-refractivity contribution < 1.29 is 19.1 Å². The van der Waals surface area contributed by atoms with Crippen molar-refractivity contribution in [3.05, 3.63) is 70.7 Å². The lowest BCUT2D eigenvalue weighted by Crippen LogP contribution is -2.36. The lowest BCUT2D eigenvalue weighted by molar-refractivity contribution is -0.154. The standard InChI is InChI=1S/C21H23ClN2O4/c1-15(21(27)24-14-17-9-5-6-10-18(17)22)28-20(26)11-12-23-19(25)13-16-7-3-2-4-8-16/h2-10,15H,11-14H2,1H3,(H,23,25)(H,24,27). The van der Waals surface area contributed by atoms with Crippen LogP contribution in [0, 0.1) is 0 Å². The van der Waals surface area contributed by atoms with Crippen molar-refractivity contribution in [3.63, 3.8) is 0 Å². The number of nitrogens with one attached hydrogen (secondary N) is 2. The number of benzene rings is 2. The summed E-state index contributed by atoms with van der Waals surface area (Å²) in [7, 11) is 0. The normalized spacial score (nSPS) is 11.4. The first-order chi connectivity index (χ1) is 13.5. The van der Waals surface area contributed by atoms with Crippen LogP contribution in [0.25, 0.3) is 0 Å². The number of amides is 2. The molecule has 0 heterocycles. The predicted octanol–water partition coefficient (Wildman–Crippen LogP) is 2.64. The van der Waals surface area contributed by atoms with E-state index >= 15 is 0 Å². The van der Waals surface area contributed by atoms with Crippen LogP contribution >= 0.6 is 11.6 Å². The van der Waals surface area contributed by atoms with Crippen LogP contribution in [0.4, 0.5) is 0 Å². The van der Waals surface area contributed by atoms with E-state index in [1.165, 1.54) is 6.92 Å². The van der Waals surface area contributed by atoms with Gasteiger partial charge in [-0.15, -0.1) is 0 Å². The molecule has 1 atom stereocenters. The van der Waals surface area contributed by atoms with Crippen molar-refractivity contribution in [1.82, 2.24) is 10.6 Å².